The fourth-order valence-electron chi connectivity index (χ4n) is 2.58. The Kier molecular flexibility index (Phi) is 6.39. The normalized spacial score (nSPS) is 14.4. The maximum absolute atomic E-state index is 12.7. The number of hydrogen-bond donors (Lipinski definition) is 2. The van der Waals surface area contributed by atoms with Crippen LogP contribution in [0.25, 0.3) is 0 Å². The van der Waals surface area contributed by atoms with Gasteiger partial charge >= 0.3 is 0 Å². The van der Waals surface area contributed by atoms with Crippen LogP contribution in [0.15, 0.2) is 46.9 Å². The summed E-state index contributed by atoms with van der Waals surface area (Å²) in [5.74, 6) is 1.05. The Morgan fingerprint density at radius 3 is 2.28 bits per heavy atom. The predicted molar refractivity (Wildman–Crippen MR) is 97.2 cm³/mol. The second-order valence-electron chi connectivity index (χ2n) is 6.38. The fourth-order valence-corrected chi connectivity index (χ4v) is 2.58. The van der Waals surface area contributed by atoms with Crippen molar-refractivity contribution in [1.82, 2.24) is 10.6 Å². The van der Waals surface area contributed by atoms with E-state index in [1.54, 1.807) is 24.3 Å². The summed E-state index contributed by atoms with van der Waals surface area (Å²) in [6, 6.07) is 11.8. The average Bonchev–Trinajstić information content (AvgIpc) is 3.06. The lowest BCUT2D eigenvalue weighted by Crippen LogP contribution is -2.50. The molecule has 0 saturated heterocycles. The molecule has 0 spiro atoms. The summed E-state index contributed by atoms with van der Waals surface area (Å²) in [4.78, 5) is 25.2. The summed E-state index contributed by atoms with van der Waals surface area (Å²) >= 11 is 0. The SMILES string of the molecule is CCC(C)C(NC(=O)c1ccccc1)C(=O)NC(C)c1ccc(C)o1. The molecule has 0 aliphatic carbocycles. The van der Waals surface area contributed by atoms with Gasteiger partial charge in [0.15, 0.2) is 0 Å². The zero-order chi connectivity index (χ0) is 18.4. The highest BCUT2D eigenvalue weighted by atomic mass is 16.3. The summed E-state index contributed by atoms with van der Waals surface area (Å²) in [5, 5.41) is 5.80. The zero-order valence-corrected chi connectivity index (χ0v) is 15.2. The van der Waals surface area contributed by atoms with Gasteiger partial charge in [0.05, 0.1) is 6.04 Å². The van der Waals surface area contributed by atoms with Gasteiger partial charge in [0.25, 0.3) is 5.91 Å². The maximum atomic E-state index is 12.7. The molecule has 2 aromatic rings. The molecule has 1 aromatic carbocycles. The number of carbonyl (C=O) groups is 2. The van der Waals surface area contributed by atoms with Crippen molar-refractivity contribution in [3.8, 4) is 0 Å². The molecule has 3 unspecified atom stereocenters. The van der Waals surface area contributed by atoms with E-state index in [1.165, 1.54) is 0 Å². The average molecular weight is 342 g/mol. The fraction of sp³-hybridized carbons (Fsp3) is 0.400. The molecule has 5 heteroatoms. The second-order valence-corrected chi connectivity index (χ2v) is 6.38. The molecular weight excluding hydrogens is 316 g/mol. The van der Waals surface area contributed by atoms with Crippen LogP contribution in [0.4, 0.5) is 0 Å². The van der Waals surface area contributed by atoms with Crippen LogP contribution in [0.5, 0.6) is 0 Å². The number of hydrogen-bond acceptors (Lipinski definition) is 3. The highest BCUT2D eigenvalue weighted by Crippen LogP contribution is 2.17. The lowest BCUT2D eigenvalue weighted by atomic mass is 9.97. The maximum Gasteiger partial charge on any atom is 0.251 e. The number of nitrogens with one attached hydrogen (secondary N) is 2. The number of carbonyl (C=O) groups excluding carboxylic acids is 2. The standard InChI is InChI=1S/C20H26N2O3/c1-5-13(2)18(22-19(23)16-9-7-6-8-10-16)20(24)21-15(4)17-12-11-14(3)25-17/h6-13,15,18H,5H2,1-4H3,(H,21,24)(H,22,23). The third-order valence-electron chi connectivity index (χ3n) is 4.36. The van der Waals surface area contributed by atoms with E-state index in [9.17, 15) is 9.59 Å². The topological polar surface area (TPSA) is 71.3 Å². The van der Waals surface area contributed by atoms with Crippen LogP contribution in [0.2, 0.25) is 0 Å². The van der Waals surface area contributed by atoms with Gasteiger partial charge in [-0.05, 0) is 44.0 Å². The van der Waals surface area contributed by atoms with Gasteiger partial charge in [0.1, 0.15) is 17.6 Å². The van der Waals surface area contributed by atoms with Crippen LogP contribution in [0.1, 0.15) is 55.1 Å². The van der Waals surface area contributed by atoms with Crippen LogP contribution in [0, 0.1) is 12.8 Å². The number of rotatable bonds is 7. The summed E-state index contributed by atoms with van der Waals surface area (Å²) < 4.78 is 5.56. The molecule has 2 rings (SSSR count). The molecule has 3 atom stereocenters. The molecule has 5 nitrogen and oxygen atoms in total. The Labute approximate surface area is 148 Å². The first-order valence-corrected chi connectivity index (χ1v) is 8.65. The van der Waals surface area contributed by atoms with E-state index in [0.717, 1.165) is 12.2 Å². The Morgan fingerprint density at radius 1 is 1.04 bits per heavy atom. The van der Waals surface area contributed by atoms with Crippen molar-refractivity contribution < 1.29 is 14.0 Å². The summed E-state index contributed by atoms with van der Waals surface area (Å²) in [7, 11) is 0. The minimum Gasteiger partial charge on any atom is -0.464 e. The van der Waals surface area contributed by atoms with E-state index in [4.69, 9.17) is 4.42 Å². The second kappa shape index (κ2) is 8.51. The van der Waals surface area contributed by atoms with Crippen LogP contribution in [-0.4, -0.2) is 17.9 Å². The monoisotopic (exact) mass is 342 g/mol. The molecule has 2 amide bonds. The molecule has 1 aromatic heterocycles. The van der Waals surface area contributed by atoms with Crippen LogP contribution < -0.4 is 10.6 Å². The molecule has 2 N–H and O–H groups in total. The smallest absolute Gasteiger partial charge is 0.251 e. The van der Waals surface area contributed by atoms with Gasteiger partial charge in [0.2, 0.25) is 5.91 Å². The lowest BCUT2D eigenvalue weighted by molar-refractivity contribution is -0.124. The highest BCUT2D eigenvalue weighted by Gasteiger charge is 2.28. The Morgan fingerprint density at radius 2 is 1.72 bits per heavy atom. The van der Waals surface area contributed by atoms with Gasteiger partial charge in [0, 0.05) is 5.56 Å². The summed E-state index contributed by atoms with van der Waals surface area (Å²) in [6.07, 6.45) is 0.779. The van der Waals surface area contributed by atoms with Crippen LogP contribution in [-0.2, 0) is 4.79 Å². The van der Waals surface area contributed by atoms with Gasteiger partial charge in [-0.3, -0.25) is 9.59 Å². The minimum absolute atomic E-state index is 0.0122. The Balaban J connectivity index is 2.08. The number of aryl methyl sites for hydroxylation is 1. The molecule has 0 saturated carbocycles. The van der Waals surface area contributed by atoms with Gasteiger partial charge < -0.3 is 15.1 Å². The van der Waals surface area contributed by atoms with Crippen molar-refractivity contribution in [3.05, 3.63) is 59.5 Å². The first-order chi connectivity index (χ1) is 11.9. The number of amides is 2. The van der Waals surface area contributed by atoms with E-state index in [2.05, 4.69) is 10.6 Å². The molecule has 25 heavy (non-hydrogen) atoms. The van der Waals surface area contributed by atoms with Crippen molar-refractivity contribution in [2.24, 2.45) is 5.92 Å². The van der Waals surface area contributed by atoms with Crippen molar-refractivity contribution >= 4 is 11.8 Å². The van der Waals surface area contributed by atoms with E-state index < -0.39 is 6.04 Å². The first kappa shape index (κ1) is 18.8. The lowest BCUT2D eigenvalue weighted by Gasteiger charge is -2.25. The van der Waals surface area contributed by atoms with E-state index in [0.29, 0.717) is 11.3 Å². The quantitative estimate of drug-likeness (QED) is 0.807. The summed E-state index contributed by atoms with van der Waals surface area (Å²) in [5.41, 5.74) is 0.540. The molecule has 0 bridgehead atoms. The first-order valence-electron chi connectivity index (χ1n) is 8.65. The van der Waals surface area contributed by atoms with E-state index in [1.807, 2.05) is 45.9 Å². The van der Waals surface area contributed by atoms with Crippen molar-refractivity contribution in [1.29, 1.82) is 0 Å². The number of benzene rings is 1. The van der Waals surface area contributed by atoms with Crippen LogP contribution in [0.3, 0.4) is 0 Å². The molecule has 134 valence electrons. The largest absolute Gasteiger partial charge is 0.464 e. The molecule has 0 aliphatic heterocycles. The Hall–Kier alpha value is -2.56. The van der Waals surface area contributed by atoms with Crippen molar-refractivity contribution in [2.75, 3.05) is 0 Å². The van der Waals surface area contributed by atoms with Crippen LogP contribution >= 0.6 is 0 Å². The molecule has 0 fully saturated rings. The number of furan rings is 1. The van der Waals surface area contributed by atoms with Gasteiger partial charge in [-0.2, -0.15) is 0 Å². The zero-order valence-electron chi connectivity index (χ0n) is 15.2. The summed E-state index contributed by atoms with van der Waals surface area (Å²) in [6.45, 7) is 7.68. The predicted octanol–water partition coefficient (Wildman–Crippen LogP) is 3.61. The molecule has 0 radical (unpaired) electrons. The van der Waals surface area contributed by atoms with Gasteiger partial charge in [-0.15, -0.1) is 0 Å². The third-order valence-corrected chi connectivity index (χ3v) is 4.36. The third kappa shape index (κ3) is 4.95. The van der Waals surface area contributed by atoms with Crippen molar-refractivity contribution in [2.45, 2.75) is 46.2 Å². The molecule has 0 aliphatic rings. The molecular formula is C20H26N2O3. The Bertz CT molecular complexity index is 709. The van der Waals surface area contributed by atoms with E-state index >= 15 is 0 Å². The van der Waals surface area contributed by atoms with Gasteiger partial charge in [-0.1, -0.05) is 38.5 Å². The van der Waals surface area contributed by atoms with Crippen molar-refractivity contribution in [3.63, 3.8) is 0 Å². The van der Waals surface area contributed by atoms with E-state index in [-0.39, 0.29) is 23.8 Å². The highest BCUT2D eigenvalue weighted by molar-refractivity contribution is 5.97. The van der Waals surface area contributed by atoms with Gasteiger partial charge in [-0.25, -0.2) is 0 Å². The molecule has 1 heterocycles. The minimum atomic E-state index is -0.601.